The van der Waals surface area contributed by atoms with Gasteiger partial charge in [-0.05, 0) is 29.8 Å². The third-order valence-electron chi connectivity index (χ3n) is 4.52. The molecule has 0 amide bonds. The lowest BCUT2D eigenvalue weighted by Gasteiger charge is -2.12. The van der Waals surface area contributed by atoms with Crippen molar-refractivity contribution in [1.29, 1.82) is 0 Å². The predicted octanol–water partition coefficient (Wildman–Crippen LogP) is 3.57. The van der Waals surface area contributed by atoms with Crippen LogP contribution in [-0.4, -0.2) is 27.9 Å². The first-order chi connectivity index (χ1) is 14.5. The van der Waals surface area contributed by atoms with Crippen LogP contribution in [0.1, 0.15) is 12.0 Å². The number of hydrogen-bond donors (Lipinski definition) is 1. The van der Waals surface area contributed by atoms with Crippen LogP contribution in [0.3, 0.4) is 0 Å². The van der Waals surface area contributed by atoms with Gasteiger partial charge in [0, 0.05) is 25.1 Å². The third-order valence-corrected chi connectivity index (χ3v) is 4.88. The summed E-state index contributed by atoms with van der Waals surface area (Å²) >= 11 is 6.24. The molecule has 0 saturated heterocycles. The number of halogens is 1. The summed E-state index contributed by atoms with van der Waals surface area (Å²) in [4.78, 5) is 22.9. The van der Waals surface area contributed by atoms with E-state index in [0.717, 1.165) is 16.7 Å². The number of benzene rings is 2. The van der Waals surface area contributed by atoms with Gasteiger partial charge in [-0.3, -0.25) is 14.9 Å². The zero-order chi connectivity index (χ0) is 21.1. The van der Waals surface area contributed by atoms with Crippen LogP contribution in [0.15, 0.2) is 53.5 Å². The molecule has 0 spiro atoms. The SMILES string of the molecule is O=c1c(Cl)c(NCc2ccc3c(c2)OCCCO3)cnn1-c1ccc([N+](=O)[O-])cc1. The van der Waals surface area contributed by atoms with Crippen molar-refractivity contribution in [2.24, 2.45) is 0 Å². The van der Waals surface area contributed by atoms with Crippen LogP contribution in [0.25, 0.3) is 5.69 Å². The average molecular weight is 429 g/mol. The van der Waals surface area contributed by atoms with Crippen molar-refractivity contribution >= 4 is 23.0 Å². The summed E-state index contributed by atoms with van der Waals surface area (Å²) in [5.74, 6) is 1.39. The molecule has 0 saturated carbocycles. The van der Waals surface area contributed by atoms with Gasteiger partial charge in [0.15, 0.2) is 11.5 Å². The van der Waals surface area contributed by atoms with Gasteiger partial charge in [0.2, 0.25) is 0 Å². The Kier molecular flexibility index (Phi) is 5.53. The van der Waals surface area contributed by atoms with Crippen LogP contribution in [0.4, 0.5) is 11.4 Å². The number of nitrogens with one attached hydrogen (secondary N) is 1. The Bertz CT molecular complexity index is 1150. The van der Waals surface area contributed by atoms with E-state index in [1.165, 1.54) is 30.5 Å². The van der Waals surface area contributed by atoms with E-state index in [-0.39, 0.29) is 10.7 Å². The zero-order valence-electron chi connectivity index (χ0n) is 15.7. The topological polar surface area (TPSA) is 109 Å². The summed E-state index contributed by atoms with van der Waals surface area (Å²) in [6.07, 6.45) is 2.27. The first kappa shape index (κ1) is 19.7. The minimum Gasteiger partial charge on any atom is -0.490 e. The van der Waals surface area contributed by atoms with Crippen molar-refractivity contribution in [2.75, 3.05) is 18.5 Å². The normalized spacial score (nSPS) is 12.8. The highest BCUT2D eigenvalue weighted by atomic mass is 35.5. The molecule has 0 aliphatic carbocycles. The van der Waals surface area contributed by atoms with Gasteiger partial charge in [0.25, 0.3) is 11.2 Å². The summed E-state index contributed by atoms with van der Waals surface area (Å²) in [5.41, 5.74) is 1.07. The van der Waals surface area contributed by atoms with E-state index in [2.05, 4.69) is 10.4 Å². The molecule has 0 atom stereocenters. The first-order valence-corrected chi connectivity index (χ1v) is 9.56. The smallest absolute Gasteiger partial charge is 0.292 e. The molecule has 10 heteroatoms. The van der Waals surface area contributed by atoms with E-state index < -0.39 is 10.5 Å². The molecule has 9 nitrogen and oxygen atoms in total. The Labute approximate surface area is 176 Å². The number of ether oxygens (including phenoxy) is 2. The number of hydrogen-bond acceptors (Lipinski definition) is 7. The highest BCUT2D eigenvalue weighted by molar-refractivity contribution is 6.32. The summed E-state index contributed by atoms with van der Waals surface area (Å²) in [5, 5.41) is 18.0. The Morgan fingerprint density at radius 3 is 2.60 bits per heavy atom. The van der Waals surface area contributed by atoms with Crippen LogP contribution in [0, 0.1) is 10.1 Å². The number of rotatable bonds is 5. The molecule has 30 heavy (non-hydrogen) atoms. The number of aromatic nitrogens is 2. The molecule has 0 fully saturated rings. The Morgan fingerprint density at radius 2 is 1.87 bits per heavy atom. The monoisotopic (exact) mass is 428 g/mol. The Morgan fingerprint density at radius 1 is 1.13 bits per heavy atom. The molecule has 2 heterocycles. The molecule has 2 aromatic carbocycles. The van der Waals surface area contributed by atoms with Crippen LogP contribution in [0.5, 0.6) is 11.5 Å². The quantitative estimate of drug-likeness (QED) is 0.488. The van der Waals surface area contributed by atoms with Crippen LogP contribution >= 0.6 is 11.6 Å². The molecular weight excluding hydrogens is 412 g/mol. The second-order valence-electron chi connectivity index (χ2n) is 6.55. The van der Waals surface area contributed by atoms with Gasteiger partial charge in [0.1, 0.15) is 5.02 Å². The molecule has 0 radical (unpaired) electrons. The van der Waals surface area contributed by atoms with Crippen LogP contribution < -0.4 is 20.3 Å². The Balaban J connectivity index is 1.52. The largest absolute Gasteiger partial charge is 0.490 e. The molecule has 3 aromatic rings. The molecule has 1 aliphatic heterocycles. The van der Waals surface area contributed by atoms with Gasteiger partial charge >= 0.3 is 0 Å². The lowest BCUT2D eigenvalue weighted by molar-refractivity contribution is -0.384. The lowest BCUT2D eigenvalue weighted by Crippen LogP contribution is -2.22. The van der Waals surface area contributed by atoms with Gasteiger partial charge in [0.05, 0.1) is 35.7 Å². The van der Waals surface area contributed by atoms with Gasteiger partial charge < -0.3 is 14.8 Å². The van der Waals surface area contributed by atoms with Crippen molar-refractivity contribution in [3.05, 3.63) is 79.7 Å². The van der Waals surface area contributed by atoms with Gasteiger partial charge in [-0.1, -0.05) is 17.7 Å². The fraction of sp³-hybridized carbons (Fsp3) is 0.200. The van der Waals surface area contributed by atoms with Gasteiger partial charge in [-0.2, -0.15) is 9.78 Å². The minimum atomic E-state index is -0.533. The highest BCUT2D eigenvalue weighted by Crippen LogP contribution is 2.30. The van der Waals surface area contributed by atoms with E-state index >= 15 is 0 Å². The number of nitro groups is 1. The Hall–Kier alpha value is -3.59. The van der Waals surface area contributed by atoms with Gasteiger partial charge in [-0.25, -0.2) is 0 Å². The van der Waals surface area contributed by atoms with Crippen molar-refractivity contribution in [1.82, 2.24) is 9.78 Å². The predicted molar refractivity (Wildman–Crippen MR) is 111 cm³/mol. The minimum absolute atomic E-state index is 0.0299. The molecule has 0 unspecified atom stereocenters. The molecule has 1 aromatic heterocycles. The number of fused-ring (bicyclic) bond motifs is 1. The standard InChI is InChI=1S/C20H17ClN4O5/c21-19-16(22-11-13-2-7-17-18(10-13)30-9-1-8-29-17)12-23-24(20(19)26)14-3-5-15(6-4-14)25(27)28/h2-7,10,12,22H,1,8-9,11H2. The summed E-state index contributed by atoms with van der Waals surface area (Å²) in [6.45, 7) is 1.62. The fourth-order valence-corrected chi connectivity index (χ4v) is 3.17. The maximum absolute atomic E-state index is 12.6. The number of nitrogens with zero attached hydrogens (tertiary/aromatic N) is 3. The number of anilines is 1. The second-order valence-corrected chi connectivity index (χ2v) is 6.93. The third kappa shape index (κ3) is 4.06. The van der Waals surface area contributed by atoms with E-state index in [4.69, 9.17) is 21.1 Å². The maximum Gasteiger partial charge on any atom is 0.292 e. The lowest BCUT2D eigenvalue weighted by atomic mass is 10.2. The summed E-state index contributed by atoms with van der Waals surface area (Å²) in [7, 11) is 0. The van der Waals surface area contributed by atoms with E-state index in [9.17, 15) is 14.9 Å². The first-order valence-electron chi connectivity index (χ1n) is 9.18. The van der Waals surface area contributed by atoms with E-state index in [0.29, 0.717) is 42.6 Å². The summed E-state index contributed by atoms with van der Waals surface area (Å²) in [6, 6.07) is 11.1. The molecule has 0 bridgehead atoms. The molecule has 1 aliphatic rings. The van der Waals surface area contributed by atoms with Crippen molar-refractivity contribution in [3.8, 4) is 17.2 Å². The van der Waals surface area contributed by atoms with E-state index in [1.807, 2.05) is 18.2 Å². The molecule has 4 rings (SSSR count). The number of nitro benzene ring substituents is 1. The fourth-order valence-electron chi connectivity index (χ4n) is 2.97. The number of non-ortho nitro benzene ring substituents is 1. The van der Waals surface area contributed by atoms with Gasteiger partial charge in [-0.15, -0.1) is 0 Å². The van der Waals surface area contributed by atoms with Crippen LogP contribution in [-0.2, 0) is 6.54 Å². The average Bonchev–Trinajstić information content (AvgIpc) is 3.00. The zero-order valence-corrected chi connectivity index (χ0v) is 16.5. The van der Waals surface area contributed by atoms with E-state index in [1.54, 1.807) is 0 Å². The van der Waals surface area contributed by atoms with Crippen LogP contribution in [0.2, 0.25) is 5.02 Å². The maximum atomic E-state index is 12.6. The highest BCUT2D eigenvalue weighted by Gasteiger charge is 2.14. The summed E-state index contributed by atoms with van der Waals surface area (Å²) < 4.78 is 12.4. The molecular formula is C20H17ClN4O5. The van der Waals surface area contributed by atoms with Crippen molar-refractivity contribution in [2.45, 2.75) is 13.0 Å². The van der Waals surface area contributed by atoms with Crippen molar-refractivity contribution < 1.29 is 14.4 Å². The molecule has 1 N–H and O–H groups in total. The molecule has 154 valence electrons. The van der Waals surface area contributed by atoms with Crippen molar-refractivity contribution in [3.63, 3.8) is 0 Å². The second kappa shape index (κ2) is 8.42.